The number of nitrogens with one attached hydrogen (secondary N) is 2. The van der Waals surface area contributed by atoms with Crippen molar-refractivity contribution in [3.05, 3.63) is 89.0 Å². The third kappa shape index (κ3) is 8.59. The van der Waals surface area contributed by atoms with Crippen LogP contribution in [0.25, 0.3) is 10.2 Å². The van der Waals surface area contributed by atoms with Crippen LogP contribution in [0.5, 0.6) is 0 Å². The first-order valence-electron chi connectivity index (χ1n) is 14.3. The van der Waals surface area contributed by atoms with E-state index in [1.165, 1.54) is 35.8 Å². The zero-order valence-electron chi connectivity index (χ0n) is 23.7. The Labute approximate surface area is 263 Å². The van der Waals surface area contributed by atoms with Gasteiger partial charge in [0.2, 0.25) is 0 Å². The number of nitrogens with zero attached hydrogens (tertiary/aromatic N) is 2. The summed E-state index contributed by atoms with van der Waals surface area (Å²) in [5.41, 5.74) is 2.24. The standard InChI is InChI=1S/C32H31F3N4O4S.CH4/c33-32(34,35)24-12-15-27-26(18-24)37-30(44-27)38-31(43)39(25-13-10-22(11-14-25)21-4-2-1-3-5-21)19-20-6-8-23(9-7-20)29(42)36-17-16-28(40)41;/h6-15,18,21H,1-5,16-17,19H2,(H,36,42)(H,40,41)(H,37,38,43);1H4. The molecule has 238 valence electrons. The molecular weight excluding hydrogens is 605 g/mol. The summed E-state index contributed by atoms with van der Waals surface area (Å²) < 4.78 is 40.1. The van der Waals surface area contributed by atoms with Gasteiger partial charge in [-0.2, -0.15) is 13.2 Å². The number of carboxylic acid groups (broad SMARTS) is 1. The molecule has 4 aromatic rings. The van der Waals surface area contributed by atoms with Crippen LogP contribution in [0.1, 0.15) is 78.9 Å². The van der Waals surface area contributed by atoms with Gasteiger partial charge in [-0.3, -0.25) is 19.8 Å². The maximum Gasteiger partial charge on any atom is 0.416 e. The van der Waals surface area contributed by atoms with Crippen molar-refractivity contribution in [2.45, 2.75) is 64.6 Å². The minimum atomic E-state index is -4.50. The number of alkyl halides is 3. The Balaban J connectivity index is 0.00000461. The lowest BCUT2D eigenvalue weighted by Crippen LogP contribution is -2.34. The summed E-state index contributed by atoms with van der Waals surface area (Å²) in [5.74, 6) is -0.934. The van der Waals surface area contributed by atoms with Crippen molar-refractivity contribution in [3.63, 3.8) is 0 Å². The molecular formula is C33H35F3N4O4S. The van der Waals surface area contributed by atoms with Gasteiger partial charge in [-0.15, -0.1) is 0 Å². The molecule has 0 aliphatic heterocycles. The van der Waals surface area contributed by atoms with Crippen molar-refractivity contribution in [2.75, 3.05) is 16.8 Å². The summed E-state index contributed by atoms with van der Waals surface area (Å²) in [6, 6.07) is 17.2. The molecule has 0 radical (unpaired) electrons. The number of aromatic nitrogens is 1. The molecule has 3 aromatic carbocycles. The van der Waals surface area contributed by atoms with E-state index in [9.17, 15) is 27.6 Å². The average Bonchev–Trinajstić information content (AvgIpc) is 3.41. The van der Waals surface area contributed by atoms with E-state index in [1.54, 1.807) is 24.3 Å². The molecule has 0 unspecified atom stereocenters. The number of amides is 3. The van der Waals surface area contributed by atoms with Gasteiger partial charge in [-0.05, 0) is 72.4 Å². The highest BCUT2D eigenvalue weighted by Crippen LogP contribution is 2.35. The number of aliphatic carboxylic acids is 1. The van der Waals surface area contributed by atoms with E-state index in [4.69, 9.17) is 5.11 Å². The number of carboxylic acids is 1. The van der Waals surface area contributed by atoms with Crippen LogP contribution < -0.4 is 15.5 Å². The minimum Gasteiger partial charge on any atom is -0.481 e. The summed E-state index contributed by atoms with van der Waals surface area (Å²) in [5, 5.41) is 14.2. The number of thiazole rings is 1. The monoisotopic (exact) mass is 640 g/mol. The molecule has 1 fully saturated rings. The Bertz CT molecular complexity index is 1630. The average molecular weight is 641 g/mol. The third-order valence-electron chi connectivity index (χ3n) is 7.64. The Morgan fingerprint density at radius 3 is 2.29 bits per heavy atom. The van der Waals surface area contributed by atoms with Gasteiger partial charge in [0, 0.05) is 17.8 Å². The Morgan fingerprint density at radius 2 is 1.64 bits per heavy atom. The quantitative estimate of drug-likeness (QED) is 0.170. The van der Waals surface area contributed by atoms with Crippen molar-refractivity contribution < 1.29 is 32.7 Å². The molecule has 1 aliphatic rings. The lowest BCUT2D eigenvalue weighted by molar-refractivity contribution is -0.138. The third-order valence-corrected chi connectivity index (χ3v) is 8.59. The molecule has 1 heterocycles. The summed E-state index contributed by atoms with van der Waals surface area (Å²) in [7, 11) is 0. The highest BCUT2D eigenvalue weighted by atomic mass is 32.1. The van der Waals surface area contributed by atoms with Crippen molar-refractivity contribution in [1.29, 1.82) is 0 Å². The number of rotatable bonds is 9. The summed E-state index contributed by atoms with van der Waals surface area (Å²) in [4.78, 5) is 42.5. The van der Waals surface area contributed by atoms with Crippen LogP contribution >= 0.6 is 11.3 Å². The minimum absolute atomic E-state index is 0. The van der Waals surface area contributed by atoms with Gasteiger partial charge < -0.3 is 10.4 Å². The normalized spacial score (nSPS) is 13.6. The van der Waals surface area contributed by atoms with Gasteiger partial charge in [0.1, 0.15) is 0 Å². The van der Waals surface area contributed by atoms with Gasteiger partial charge in [0.25, 0.3) is 5.91 Å². The van der Waals surface area contributed by atoms with Crippen LogP contribution in [0.2, 0.25) is 0 Å². The van der Waals surface area contributed by atoms with Crippen molar-refractivity contribution >= 4 is 50.3 Å². The van der Waals surface area contributed by atoms with Gasteiger partial charge in [-0.1, -0.05) is 62.3 Å². The maximum atomic E-state index is 13.6. The van der Waals surface area contributed by atoms with E-state index in [0.717, 1.165) is 41.9 Å². The van der Waals surface area contributed by atoms with Crippen LogP contribution in [0, 0.1) is 0 Å². The maximum absolute atomic E-state index is 13.6. The highest BCUT2D eigenvalue weighted by Gasteiger charge is 2.31. The molecule has 0 bridgehead atoms. The molecule has 0 saturated heterocycles. The molecule has 8 nitrogen and oxygen atoms in total. The molecule has 12 heteroatoms. The summed E-state index contributed by atoms with van der Waals surface area (Å²) in [6.45, 7) is 0.142. The summed E-state index contributed by atoms with van der Waals surface area (Å²) in [6.07, 6.45) is 1.21. The molecule has 5 rings (SSSR count). The van der Waals surface area contributed by atoms with Gasteiger partial charge in [-0.25, -0.2) is 9.78 Å². The molecule has 1 saturated carbocycles. The second-order valence-corrected chi connectivity index (χ2v) is 11.8. The van der Waals surface area contributed by atoms with Crippen LogP contribution in [0.15, 0.2) is 66.7 Å². The lowest BCUT2D eigenvalue weighted by atomic mass is 9.84. The Morgan fingerprint density at radius 1 is 0.956 bits per heavy atom. The predicted molar refractivity (Wildman–Crippen MR) is 170 cm³/mol. The number of carbonyl (C=O) groups is 3. The fourth-order valence-electron chi connectivity index (χ4n) is 5.29. The second-order valence-electron chi connectivity index (χ2n) is 10.7. The number of hydrogen-bond donors (Lipinski definition) is 3. The molecule has 3 amide bonds. The first-order chi connectivity index (χ1) is 21.1. The molecule has 45 heavy (non-hydrogen) atoms. The van der Waals surface area contributed by atoms with E-state index >= 15 is 0 Å². The fraction of sp³-hybridized carbons (Fsp3) is 0.333. The zero-order valence-corrected chi connectivity index (χ0v) is 24.5. The molecule has 0 atom stereocenters. The first kappa shape index (κ1) is 33.4. The predicted octanol–water partition coefficient (Wildman–Crippen LogP) is 8.44. The van der Waals surface area contributed by atoms with Crippen LogP contribution in [-0.2, 0) is 17.5 Å². The van der Waals surface area contributed by atoms with Crippen molar-refractivity contribution in [1.82, 2.24) is 10.3 Å². The zero-order chi connectivity index (χ0) is 31.3. The van der Waals surface area contributed by atoms with Gasteiger partial charge >= 0.3 is 18.2 Å². The van der Waals surface area contributed by atoms with E-state index in [0.29, 0.717) is 21.9 Å². The number of benzene rings is 3. The molecule has 1 aliphatic carbocycles. The Hall–Kier alpha value is -4.45. The smallest absolute Gasteiger partial charge is 0.416 e. The van der Waals surface area contributed by atoms with E-state index < -0.39 is 29.6 Å². The second kappa shape index (κ2) is 14.6. The number of hydrogen-bond acceptors (Lipinski definition) is 5. The topological polar surface area (TPSA) is 112 Å². The van der Waals surface area contributed by atoms with E-state index in [2.05, 4.69) is 15.6 Å². The lowest BCUT2D eigenvalue weighted by Gasteiger charge is -2.25. The van der Waals surface area contributed by atoms with E-state index in [-0.39, 0.29) is 37.6 Å². The number of fused-ring (bicyclic) bond motifs is 1. The fourth-order valence-corrected chi connectivity index (χ4v) is 6.12. The molecule has 3 N–H and O–H groups in total. The number of halogens is 3. The van der Waals surface area contributed by atoms with E-state index in [1.807, 2.05) is 24.3 Å². The molecule has 1 aromatic heterocycles. The number of urea groups is 1. The van der Waals surface area contributed by atoms with Crippen molar-refractivity contribution in [2.24, 2.45) is 0 Å². The summed E-state index contributed by atoms with van der Waals surface area (Å²) >= 11 is 1.08. The number of anilines is 2. The van der Waals surface area contributed by atoms with Crippen LogP contribution in [0.4, 0.5) is 28.8 Å². The van der Waals surface area contributed by atoms with Gasteiger partial charge in [0.05, 0.1) is 28.7 Å². The Kier molecular flexibility index (Phi) is 10.8. The molecule has 0 spiro atoms. The van der Waals surface area contributed by atoms with Crippen molar-refractivity contribution in [3.8, 4) is 0 Å². The highest BCUT2D eigenvalue weighted by molar-refractivity contribution is 7.22. The SMILES string of the molecule is C.O=C(O)CCNC(=O)c1ccc(CN(C(=O)Nc2nc3cc(C(F)(F)F)ccc3s2)c2ccc(C3CCCCC3)cc2)cc1. The number of carbonyl (C=O) groups excluding carboxylic acids is 2. The first-order valence-corrected chi connectivity index (χ1v) is 15.1. The largest absolute Gasteiger partial charge is 0.481 e. The van der Waals surface area contributed by atoms with Crippen LogP contribution in [0.3, 0.4) is 0 Å². The van der Waals surface area contributed by atoms with Crippen LogP contribution in [-0.4, -0.2) is 34.5 Å². The van der Waals surface area contributed by atoms with Gasteiger partial charge in [0.15, 0.2) is 5.13 Å².